The van der Waals surface area contributed by atoms with Gasteiger partial charge in [0.1, 0.15) is 12.4 Å². The number of carbonyl (C=O) groups is 1. The minimum atomic E-state index is -0.408. The molecule has 5 nitrogen and oxygen atoms in total. The van der Waals surface area contributed by atoms with Crippen molar-refractivity contribution >= 4 is 33.4 Å². The predicted molar refractivity (Wildman–Crippen MR) is 119 cm³/mol. The van der Waals surface area contributed by atoms with Crippen molar-refractivity contribution in [3.05, 3.63) is 56.8 Å². The zero-order chi connectivity index (χ0) is 21.5. The summed E-state index contributed by atoms with van der Waals surface area (Å²) in [6.07, 6.45) is 2.56. The zero-order valence-electron chi connectivity index (χ0n) is 16.8. The number of methoxy groups -OCH3 is 1. The third-order valence-corrected chi connectivity index (χ3v) is 5.94. The summed E-state index contributed by atoms with van der Waals surface area (Å²) in [5.41, 5.74) is 1.32. The summed E-state index contributed by atoms with van der Waals surface area (Å²) in [6, 6.07) is 8.37. The van der Waals surface area contributed by atoms with Gasteiger partial charge in [-0.3, -0.25) is 4.79 Å². The maximum absolute atomic E-state index is 14.0. The molecule has 0 radical (unpaired) electrons. The fraction of sp³-hybridized carbons (Fsp3) is 0.409. The topological polar surface area (TPSA) is 50.8 Å². The second-order valence-electron chi connectivity index (χ2n) is 7.11. The molecule has 1 aliphatic heterocycles. The van der Waals surface area contributed by atoms with Crippen molar-refractivity contribution in [1.29, 1.82) is 0 Å². The van der Waals surface area contributed by atoms with Crippen LogP contribution in [-0.4, -0.2) is 37.6 Å². The second kappa shape index (κ2) is 11.0. The molecular weight excluding hydrogens is 475 g/mol. The minimum absolute atomic E-state index is 0.00666. The molecule has 1 fully saturated rings. The molecule has 0 atom stereocenters. The predicted octanol–water partition coefficient (Wildman–Crippen LogP) is 4.93. The molecular formula is C22H25BrClFN2O3. The average molecular weight is 500 g/mol. The summed E-state index contributed by atoms with van der Waals surface area (Å²) in [5.74, 6) is 0.898. The van der Waals surface area contributed by atoms with Gasteiger partial charge in [0, 0.05) is 31.6 Å². The lowest BCUT2D eigenvalue weighted by atomic mass is 10.2. The highest BCUT2D eigenvalue weighted by molar-refractivity contribution is 9.10. The molecule has 1 heterocycles. The Bertz CT molecular complexity index is 877. The number of amides is 1. The van der Waals surface area contributed by atoms with Gasteiger partial charge in [-0.05, 0) is 65.1 Å². The highest BCUT2D eigenvalue weighted by Crippen LogP contribution is 2.37. The van der Waals surface area contributed by atoms with E-state index in [1.807, 2.05) is 17.0 Å². The van der Waals surface area contributed by atoms with E-state index in [0.29, 0.717) is 39.5 Å². The van der Waals surface area contributed by atoms with Gasteiger partial charge in [-0.25, -0.2) is 4.39 Å². The van der Waals surface area contributed by atoms with Crippen LogP contribution in [0.1, 0.15) is 30.4 Å². The van der Waals surface area contributed by atoms with Gasteiger partial charge in [0.15, 0.2) is 11.5 Å². The van der Waals surface area contributed by atoms with Crippen LogP contribution in [0.4, 0.5) is 4.39 Å². The summed E-state index contributed by atoms with van der Waals surface area (Å²) >= 11 is 9.59. The van der Waals surface area contributed by atoms with E-state index in [1.54, 1.807) is 19.2 Å². The third-order valence-electron chi connectivity index (χ3n) is 4.99. The minimum Gasteiger partial charge on any atom is -0.493 e. The van der Waals surface area contributed by atoms with Gasteiger partial charge in [-0.2, -0.15) is 0 Å². The number of nitrogens with zero attached hydrogens (tertiary/aromatic N) is 1. The normalized spacial score (nSPS) is 13.7. The lowest BCUT2D eigenvalue weighted by Crippen LogP contribution is -2.28. The van der Waals surface area contributed by atoms with Crippen LogP contribution >= 0.6 is 27.5 Å². The number of halogens is 3. The molecule has 0 aliphatic carbocycles. The summed E-state index contributed by atoms with van der Waals surface area (Å²) in [7, 11) is 1.56. The van der Waals surface area contributed by atoms with Crippen LogP contribution < -0.4 is 14.8 Å². The van der Waals surface area contributed by atoms with Crippen molar-refractivity contribution in [2.45, 2.75) is 32.4 Å². The number of likely N-dealkylation sites (tertiary alicyclic amines) is 1. The van der Waals surface area contributed by atoms with Crippen LogP contribution in [0.2, 0.25) is 5.02 Å². The van der Waals surface area contributed by atoms with Gasteiger partial charge in [0.05, 0.1) is 16.6 Å². The van der Waals surface area contributed by atoms with Crippen molar-refractivity contribution in [2.24, 2.45) is 0 Å². The summed E-state index contributed by atoms with van der Waals surface area (Å²) < 4.78 is 26.0. The van der Waals surface area contributed by atoms with Crippen LogP contribution in [-0.2, 0) is 17.9 Å². The first kappa shape index (κ1) is 22.8. The zero-order valence-corrected chi connectivity index (χ0v) is 19.2. The molecule has 8 heteroatoms. The summed E-state index contributed by atoms with van der Waals surface area (Å²) in [5, 5.41) is 3.71. The molecule has 0 bridgehead atoms. The molecule has 0 spiro atoms. The Labute approximate surface area is 189 Å². The van der Waals surface area contributed by atoms with Crippen molar-refractivity contribution in [3.63, 3.8) is 0 Å². The van der Waals surface area contributed by atoms with E-state index in [0.717, 1.165) is 38.0 Å². The molecule has 1 aliphatic rings. The average Bonchev–Trinajstić information content (AvgIpc) is 3.13. The van der Waals surface area contributed by atoms with Crippen molar-refractivity contribution in [2.75, 3.05) is 26.7 Å². The molecule has 1 amide bonds. The number of hydrogen-bond donors (Lipinski definition) is 1. The quantitative estimate of drug-likeness (QED) is 0.471. The van der Waals surface area contributed by atoms with Crippen molar-refractivity contribution in [3.8, 4) is 11.5 Å². The number of ether oxygens (including phenoxy) is 2. The fourth-order valence-electron chi connectivity index (χ4n) is 3.40. The molecule has 1 N–H and O–H groups in total. The van der Waals surface area contributed by atoms with Crippen LogP contribution in [0.3, 0.4) is 0 Å². The first-order valence-corrected chi connectivity index (χ1v) is 11.1. The molecule has 30 heavy (non-hydrogen) atoms. The maximum atomic E-state index is 14.0. The molecule has 0 aromatic heterocycles. The molecule has 2 aromatic rings. The van der Waals surface area contributed by atoms with Crippen LogP contribution in [0, 0.1) is 5.82 Å². The standard InChI is InChI=1S/C22H25BrClFN2O3/c1-29-20-12-15(13-26-8-4-10-27-9-3-7-21(27)28)11-17(23)22(20)30-14-16-18(24)5-2-6-19(16)25/h2,5-6,11-12,26H,3-4,7-10,13-14H2,1H3. The van der Waals surface area contributed by atoms with Crippen LogP contribution in [0.25, 0.3) is 0 Å². The van der Waals surface area contributed by atoms with E-state index in [9.17, 15) is 9.18 Å². The number of rotatable bonds is 10. The maximum Gasteiger partial charge on any atom is 0.222 e. The number of hydrogen-bond acceptors (Lipinski definition) is 4. The SMILES string of the molecule is COc1cc(CNCCCN2CCCC2=O)cc(Br)c1OCc1c(F)cccc1Cl. The monoisotopic (exact) mass is 498 g/mol. The van der Waals surface area contributed by atoms with E-state index in [2.05, 4.69) is 21.2 Å². The van der Waals surface area contributed by atoms with E-state index in [-0.39, 0.29) is 12.5 Å². The number of benzene rings is 2. The largest absolute Gasteiger partial charge is 0.493 e. The van der Waals surface area contributed by atoms with Gasteiger partial charge < -0.3 is 19.7 Å². The van der Waals surface area contributed by atoms with Crippen molar-refractivity contribution < 1.29 is 18.7 Å². The third kappa shape index (κ3) is 5.86. The summed E-state index contributed by atoms with van der Waals surface area (Å²) in [4.78, 5) is 13.6. The Hall–Kier alpha value is -1.83. The molecule has 0 unspecified atom stereocenters. The smallest absolute Gasteiger partial charge is 0.222 e. The van der Waals surface area contributed by atoms with Gasteiger partial charge in [0.2, 0.25) is 5.91 Å². The Kier molecular flexibility index (Phi) is 8.36. The van der Waals surface area contributed by atoms with Crippen molar-refractivity contribution in [1.82, 2.24) is 10.2 Å². The van der Waals surface area contributed by atoms with Gasteiger partial charge in [-0.15, -0.1) is 0 Å². The number of nitrogens with one attached hydrogen (secondary N) is 1. The Morgan fingerprint density at radius 2 is 2.17 bits per heavy atom. The Balaban J connectivity index is 1.55. The van der Waals surface area contributed by atoms with Crippen LogP contribution in [0.5, 0.6) is 11.5 Å². The van der Waals surface area contributed by atoms with Crippen LogP contribution in [0.15, 0.2) is 34.8 Å². The lowest BCUT2D eigenvalue weighted by Gasteiger charge is -2.16. The fourth-order valence-corrected chi connectivity index (χ4v) is 4.22. The molecule has 3 rings (SSSR count). The van der Waals surface area contributed by atoms with Gasteiger partial charge >= 0.3 is 0 Å². The highest BCUT2D eigenvalue weighted by Gasteiger charge is 2.19. The Morgan fingerprint density at radius 3 is 2.87 bits per heavy atom. The first-order valence-electron chi connectivity index (χ1n) is 9.90. The van der Waals surface area contributed by atoms with Gasteiger partial charge in [0.25, 0.3) is 0 Å². The molecule has 162 valence electrons. The molecule has 2 aromatic carbocycles. The van der Waals surface area contributed by atoms with E-state index in [1.165, 1.54) is 6.07 Å². The highest BCUT2D eigenvalue weighted by atomic mass is 79.9. The van der Waals surface area contributed by atoms with E-state index >= 15 is 0 Å². The Morgan fingerprint density at radius 1 is 1.33 bits per heavy atom. The van der Waals surface area contributed by atoms with Gasteiger partial charge in [-0.1, -0.05) is 17.7 Å². The number of carbonyl (C=O) groups excluding carboxylic acids is 1. The lowest BCUT2D eigenvalue weighted by molar-refractivity contribution is -0.127. The molecule has 1 saturated heterocycles. The van der Waals surface area contributed by atoms with E-state index in [4.69, 9.17) is 21.1 Å². The molecule has 0 saturated carbocycles. The van der Waals surface area contributed by atoms with E-state index < -0.39 is 5.82 Å². The first-order chi connectivity index (χ1) is 14.5. The second-order valence-corrected chi connectivity index (χ2v) is 8.37. The summed E-state index contributed by atoms with van der Waals surface area (Å²) in [6.45, 7) is 3.14.